The van der Waals surface area contributed by atoms with Gasteiger partial charge < -0.3 is 10.5 Å². The summed E-state index contributed by atoms with van der Waals surface area (Å²) >= 11 is 5.06. The summed E-state index contributed by atoms with van der Waals surface area (Å²) in [5, 5.41) is -1.01. The molecule has 1 aromatic rings. The van der Waals surface area contributed by atoms with Gasteiger partial charge in [-0.25, -0.2) is 4.98 Å². The third kappa shape index (κ3) is 3.28. The van der Waals surface area contributed by atoms with Crippen LogP contribution in [0, 0.1) is 0 Å². The van der Waals surface area contributed by atoms with Crippen LogP contribution in [0.2, 0.25) is 0 Å². The molecule has 1 rings (SSSR count). The number of hydrogen-bond donors (Lipinski definition) is 1. The Morgan fingerprint density at radius 2 is 2.13 bits per heavy atom. The van der Waals surface area contributed by atoms with Gasteiger partial charge in [0, 0.05) is 0 Å². The van der Waals surface area contributed by atoms with Crippen LogP contribution in [-0.4, -0.2) is 16.6 Å². The first kappa shape index (κ1) is 11.6. The molecule has 0 bridgehead atoms. The minimum absolute atomic E-state index is 0.260. The lowest BCUT2D eigenvalue weighted by atomic mass is 10.3. The number of nitrogens with zero attached hydrogens (tertiary/aromatic N) is 1. The smallest absolute Gasteiger partial charge is 0.404 e. The third-order valence-electron chi connectivity index (χ3n) is 1.34. The van der Waals surface area contributed by atoms with Gasteiger partial charge in [0.2, 0.25) is 0 Å². The van der Waals surface area contributed by atoms with Crippen LogP contribution in [0.3, 0.4) is 0 Å². The molecule has 0 spiro atoms. The monoisotopic (exact) mass is 240 g/mol. The maximum absolute atomic E-state index is 11.8. The molecular weight excluding hydrogens is 237 g/mol. The van der Waals surface area contributed by atoms with Crippen LogP contribution in [0.25, 0.3) is 0 Å². The quantitative estimate of drug-likeness (QED) is 0.803. The predicted molar refractivity (Wildman–Crippen MR) is 45.5 cm³/mol. The third-order valence-corrected chi connectivity index (χ3v) is 1.54. The van der Waals surface area contributed by atoms with Gasteiger partial charge in [0.25, 0.3) is 5.24 Å². The molecule has 8 heteroatoms. The van der Waals surface area contributed by atoms with Crippen molar-refractivity contribution in [3.05, 3.63) is 17.8 Å². The van der Waals surface area contributed by atoms with E-state index in [2.05, 4.69) is 9.72 Å². The molecule has 0 unspecified atom stereocenters. The molecule has 82 valence electrons. The van der Waals surface area contributed by atoms with Gasteiger partial charge in [0.1, 0.15) is 11.6 Å². The average molecular weight is 241 g/mol. The Morgan fingerprint density at radius 1 is 1.53 bits per heavy atom. The summed E-state index contributed by atoms with van der Waals surface area (Å²) in [6.07, 6.45) is -4.11. The summed E-state index contributed by atoms with van der Waals surface area (Å²) in [6, 6.07) is 0.769. The van der Waals surface area contributed by atoms with Crippen molar-refractivity contribution in [1.82, 2.24) is 4.98 Å². The maximum atomic E-state index is 11.8. The van der Waals surface area contributed by atoms with Crippen molar-refractivity contribution >= 4 is 22.7 Å². The minimum atomic E-state index is -4.86. The van der Waals surface area contributed by atoms with Crippen molar-refractivity contribution in [3.63, 3.8) is 0 Å². The first-order valence-corrected chi connectivity index (χ1v) is 3.88. The van der Waals surface area contributed by atoms with Crippen molar-refractivity contribution in [1.29, 1.82) is 0 Å². The van der Waals surface area contributed by atoms with Crippen molar-refractivity contribution < 1.29 is 22.7 Å². The highest BCUT2D eigenvalue weighted by molar-refractivity contribution is 6.68. The van der Waals surface area contributed by atoms with Gasteiger partial charge >= 0.3 is 6.36 Å². The molecule has 2 N–H and O–H groups in total. The fourth-order valence-electron chi connectivity index (χ4n) is 0.803. The SMILES string of the molecule is Nc1ncc(OC(F)(F)F)cc1C(=O)Cl. The average Bonchev–Trinajstić information content (AvgIpc) is 2.05. The Morgan fingerprint density at radius 3 is 2.60 bits per heavy atom. The Bertz CT molecular complexity index is 394. The van der Waals surface area contributed by atoms with Crippen LogP contribution in [-0.2, 0) is 0 Å². The summed E-state index contributed by atoms with van der Waals surface area (Å²) in [6.45, 7) is 0. The highest BCUT2D eigenvalue weighted by atomic mass is 35.5. The van der Waals surface area contributed by atoms with E-state index < -0.39 is 17.4 Å². The topological polar surface area (TPSA) is 65.2 Å². The molecule has 0 saturated carbocycles. The molecule has 0 saturated heterocycles. The summed E-state index contributed by atoms with van der Waals surface area (Å²) in [5.74, 6) is -0.912. The van der Waals surface area contributed by atoms with Crippen molar-refractivity contribution in [2.24, 2.45) is 0 Å². The molecule has 0 radical (unpaired) electrons. The summed E-state index contributed by atoms with van der Waals surface area (Å²) in [5.41, 5.74) is 4.87. The predicted octanol–water partition coefficient (Wildman–Crippen LogP) is 1.94. The maximum Gasteiger partial charge on any atom is 0.573 e. The highest BCUT2D eigenvalue weighted by Crippen LogP contribution is 2.25. The number of nitrogens with two attached hydrogens (primary N) is 1. The van der Waals surface area contributed by atoms with E-state index in [4.69, 9.17) is 17.3 Å². The molecule has 0 aliphatic carbocycles. The van der Waals surface area contributed by atoms with E-state index in [-0.39, 0.29) is 11.4 Å². The lowest BCUT2D eigenvalue weighted by Gasteiger charge is -2.09. The van der Waals surface area contributed by atoms with Gasteiger partial charge in [-0.1, -0.05) is 0 Å². The molecule has 1 aromatic heterocycles. The Labute approximate surface area is 86.8 Å². The summed E-state index contributed by atoms with van der Waals surface area (Å²) < 4.78 is 38.8. The van der Waals surface area contributed by atoms with Crippen LogP contribution in [0.4, 0.5) is 19.0 Å². The van der Waals surface area contributed by atoms with Gasteiger partial charge in [-0.15, -0.1) is 13.2 Å². The van der Waals surface area contributed by atoms with Gasteiger partial charge in [-0.3, -0.25) is 4.79 Å². The van der Waals surface area contributed by atoms with Crippen LogP contribution in [0.1, 0.15) is 10.4 Å². The normalized spacial score (nSPS) is 11.2. The van der Waals surface area contributed by atoms with Crippen molar-refractivity contribution in [3.8, 4) is 5.75 Å². The Hall–Kier alpha value is -1.50. The fourth-order valence-corrected chi connectivity index (χ4v) is 0.954. The van der Waals surface area contributed by atoms with Crippen molar-refractivity contribution in [2.75, 3.05) is 5.73 Å². The summed E-state index contributed by atoms with van der Waals surface area (Å²) in [7, 11) is 0. The van der Waals surface area contributed by atoms with E-state index in [0.717, 1.165) is 12.3 Å². The van der Waals surface area contributed by atoms with E-state index in [1.807, 2.05) is 0 Å². The van der Waals surface area contributed by atoms with E-state index in [1.165, 1.54) is 0 Å². The number of carbonyl (C=O) groups excluding carboxylic acids is 1. The molecule has 0 amide bonds. The molecule has 0 aliphatic rings. The van der Waals surface area contributed by atoms with Gasteiger partial charge in [0.15, 0.2) is 0 Å². The molecule has 0 aliphatic heterocycles. The molecule has 0 aromatic carbocycles. The largest absolute Gasteiger partial charge is 0.573 e. The van der Waals surface area contributed by atoms with E-state index >= 15 is 0 Å². The van der Waals surface area contributed by atoms with Crippen molar-refractivity contribution in [2.45, 2.75) is 6.36 Å². The first-order chi connectivity index (χ1) is 6.79. The van der Waals surface area contributed by atoms with Gasteiger partial charge in [-0.2, -0.15) is 0 Å². The fraction of sp³-hybridized carbons (Fsp3) is 0.143. The van der Waals surface area contributed by atoms with E-state index in [9.17, 15) is 18.0 Å². The molecule has 15 heavy (non-hydrogen) atoms. The van der Waals surface area contributed by atoms with Crippen LogP contribution in [0.5, 0.6) is 5.75 Å². The number of halogens is 4. The number of pyridine rings is 1. The van der Waals surface area contributed by atoms with Gasteiger partial charge in [-0.05, 0) is 17.7 Å². The highest BCUT2D eigenvalue weighted by Gasteiger charge is 2.31. The van der Waals surface area contributed by atoms with E-state index in [0.29, 0.717) is 0 Å². The summed E-state index contributed by atoms with van der Waals surface area (Å²) in [4.78, 5) is 14.0. The van der Waals surface area contributed by atoms with E-state index in [1.54, 1.807) is 0 Å². The number of rotatable bonds is 2. The second kappa shape index (κ2) is 3.93. The lowest BCUT2D eigenvalue weighted by molar-refractivity contribution is -0.274. The van der Waals surface area contributed by atoms with Crippen LogP contribution < -0.4 is 10.5 Å². The molecule has 4 nitrogen and oxygen atoms in total. The van der Waals surface area contributed by atoms with Crippen LogP contribution in [0.15, 0.2) is 12.3 Å². The zero-order valence-corrected chi connectivity index (χ0v) is 7.76. The minimum Gasteiger partial charge on any atom is -0.404 e. The number of anilines is 1. The standard InChI is InChI=1S/C7H4ClF3N2O2/c8-5(14)4-1-3(2-13-6(4)12)15-7(9,10)11/h1-2H,(H2,12,13). The number of nitrogen functional groups attached to an aromatic ring is 1. The molecular formula is C7H4ClF3N2O2. The number of aromatic nitrogens is 1. The number of ether oxygens (including phenoxy) is 1. The first-order valence-electron chi connectivity index (χ1n) is 3.50. The van der Waals surface area contributed by atoms with Crippen LogP contribution >= 0.6 is 11.6 Å². The zero-order chi connectivity index (χ0) is 11.6. The molecule has 0 atom stereocenters. The number of carbonyl (C=O) groups is 1. The number of alkyl halides is 3. The zero-order valence-electron chi connectivity index (χ0n) is 7.01. The lowest BCUT2D eigenvalue weighted by Crippen LogP contribution is -2.17. The second-order valence-electron chi connectivity index (χ2n) is 2.43. The Balaban J connectivity index is 3.03. The van der Waals surface area contributed by atoms with Gasteiger partial charge in [0.05, 0.1) is 11.8 Å². The second-order valence-corrected chi connectivity index (χ2v) is 2.77. The Kier molecular flexibility index (Phi) is 3.04. The number of hydrogen-bond acceptors (Lipinski definition) is 4. The molecule has 1 heterocycles. The molecule has 0 fully saturated rings.